The molecule has 0 amide bonds. The third-order valence-electron chi connectivity index (χ3n) is 3.85. The second-order valence-electron chi connectivity index (χ2n) is 5.38. The van der Waals surface area contributed by atoms with Crippen LogP contribution in [0.25, 0.3) is 0 Å². The van der Waals surface area contributed by atoms with E-state index >= 15 is 0 Å². The van der Waals surface area contributed by atoms with Gasteiger partial charge in [-0.15, -0.1) is 0 Å². The van der Waals surface area contributed by atoms with Crippen LogP contribution in [0.5, 0.6) is 0 Å². The quantitative estimate of drug-likeness (QED) is 0.659. The van der Waals surface area contributed by atoms with Gasteiger partial charge in [0, 0.05) is 0 Å². The number of halogens is 3. The smallest absolute Gasteiger partial charge is 0.271 e. The van der Waals surface area contributed by atoms with Gasteiger partial charge < -0.3 is 0 Å². The number of alkyl halides is 3. The maximum absolute atomic E-state index is 12.7. The maximum atomic E-state index is 12.7. The molecule has 21 heavy (non-hydrogen) atoms. The number of hydrogen-bond acceptors (Lipinski definition) is 4. The molecule has 1 aromatic carbocycles. The minimum absolute atomic E-state index is 0.00231. The number of sulfone groups is 1. The first-order valence-electron chi connectivity index (χ1n) is 6.48. The number of hydrazine groups is 1. The Labute approximate surface area is 121 Å². The SMILES string of the molecule is Cc1cc(C(F)(F)F)ccc1C(NN)C1CCS(=O)(=O)C1. The molecule has 1 aliphatic rings. The summed E-state index contributed by atoms with van der Waals surface area (Å²) in [5.74, 6) is 5.37. The first-order chi connectivity index (χ1) is 9.64. The summed E-state index contributed by atoms with van der Waals surface area (Å²) < 4.78 is 61.1. The van der Waals surface area contributed by atoms with Crippen molar-refractivity contribution in [1.82, 2.24) is 5.43 Å². The predicted molar refractivity (Wildman–Crippen MR) is 73.0 cm³/mol. The van der Waals surface area contributed by atoms with E-state index in [2.05, 4.69) is 5.43 Å². The zero-order valence-electron chi connectivity index (χ0n) is 11.4. The molecule has 118 valence electrons. The minimum Gasteiger partial charge on any atom is -0.271 e. The highest BCUT2D eigenvalue weighted by molar-refractivity contribution is 7.91. The van der Waals surface area contributed by atoms with Gasteiger partial charge in [-0.3, -0.25) is 11.3 Å². The van der Waals surface area contributed by atoms with Gasteiger partial charge in [-0.05, 0) is 42.5 Å². The summed E-state index contributed by atoms with van der Waals surface area (Å²) in [6, 6.07) is 2.96. The van der Waals surface area contributed by atoms with Crippen molar-refractivity contribution in [2.24, 2.45) is 11.8 Å². The molecule has 3 N–H and O–H groups in total. The van der Waals surface area contributed by atoms with Gasteiger partial charge in [0.15, 0.2) is 9.84 Å². The van der Waals surface area contributed by atoms with E-state index in [4.69, 9.17) is 5.84 Å². The summed E-state index contributed by atoms with van der Waals surface area (Å²) in [7, 11) is -3.08. The van der Waals surface area contributed by atoms with Crippen molar-refractivity contribution in [3.63, 3.8) is 0 Å². The standard InChI is InChI=1S/C13H17F3N2O2S/c1-8-6-10(13(14,15)16)2-3-11(8)12(18-17)9-4-5-21(19,20)7-9/h2-3,6,9,12,18H,4-5,7,17H2,1H3. The lowest BCUT2D eigenvalue weighted by Crippen LogP contribution is -2.34. The van der Waals surface area contributed by atoms with Crippen molar-refractivity contribution in [3.8, 4) is 0 Å². The molecule has 0 spiro atoms. The Kier molecular flexibility index (Phi) is 4.32. The lowest BCUT2D eigenvalue weighted by molar-refractivity contribution is -0.137. The Bertz CT molecular complexity index is 629. The zero-order chi connectivity index (χ0) is 15.8. The summed E-state index contributed by atoms with van der Waals surface area (Å²) in [4.78, 5) is 0. The Balaban J connectivity index is 2.31. The molecule has 1 fully saturated rings. The fourth-order valence-electron chi connectivity index (χ4n) is 2.77. The van der Waals surface area contributed by atoms with Crippen LogP contribution in [0.1, 0.15) is 29.2 Å². The average Bonchev–Trinajstić information content (AvgIpc) is 2.71. The van der Waals surface area contributed by atoms with E-state index < -0.39 is 27.6 Å². The predicted octanol–water partition coefficient (Wildman–Crippen LogP) is 1.95. The molecule has 0 aliphatic carbocycles. The number of nitrogens with one attached hydrogen (secondary N) is 1. The molecule has 1 aliphatic heterocycles. The van der Waals surface area contributed by atoms with Gasteiger partial charge in [0.2, 0.25) is 0 Å². The van der Waals surface area contributed by atoms with Crippen LogP contribution >= 0.6 is 0 Å². The van der Waals surface area contributed by atoms with Crippen LogP contribution in [0.2, 0.25) is 0 Å². The third-order valence-corrected chi connectivity index (χ3v) is 5.64. The maximum Gasteiger partial charge on any atom is 0.416 e. The van der Waals surface area contributed by atoms with Gasteiger partial charge in [0.25, 0.3) is 0 Å². The largest absolute Gasteiger partial charge is 0.416 e. The second-order valence-corrected chi connectivity index (χ2v) is 7.61. The minimum atomic E-state index is -4.40. The van der Waals surface area contributed by atoms with Crippen LogP contribution < -0.4 is 11.3 Å². The summed E-state index contributed by atoms with van der Waals surface area (Å²) in [5, 5.41) is 0. The Morgan fingerprint density at radius 2 is 2.05 bits per heavy atom. The monoisotopic (exact) mass is 322 g/mol. The van der Waals surface area contributed by atoms with Crippen LogP contribution in [0, 0.1) is 12.8 Å². The molecule has 0 aromatic heterocycles. The lowest BCUT2D eigenvalue weighted by Gasteiger charge is -2.24. The highest BCUT2D eigenvalue weighted by Gasteiger charge is 2.36. The summed E-state index contributed by atoms with van der Waals surface area (Å²) in [6.45, 7) is 1.57. The third kappa shape index (κ3) is 3.56. The molecule has 0 saturated carbocycles. The average molecular weight is 322 g/mol. The van der Waals surface area contributed by atoms with E-state index in [-0.39, 0.29) is 17.4 Å². The van der Waals surface area contributed by atoms with Crippen LogP contribution in [0.4, 0.5) is 13.2 Å². The Hall–Kier alpha value is -1.12. The van der Waals surface area contributed by atoms with E-state index in [1.54, 1.807) is 6.92 Å². The Morgan fingerprint density at radius 3 is 2.48 bits per heavy atom. The van der Waals surface area contributed by atoms with Gasteiger partial charge >= 0.3 is 6.18 Å². The van der Waals surface area contributed by atoms with E-state index in [1.165, 1.54) is 6.07 Å². The van der Waals surface area contributed by atoms with Gasteiger partial charge in [-0.25, -0.2) is 8.42 Å². The van der Waals surface area contributed by atoms with Gasteiger partial charge in [-0.2, -0.15) is 13.2 Å². The molecule has 2 unspecified atom stereocenters. The molecular weight excluding hydrogens is 305 g/mol. The molecular formula is C13H17F3N2O2S. The van der Waals surface area contributed by atoms with Crippen molar-refractivity contribution < 1.29 is 21.6 Å². The molecule has 4 nitrogen and oxygen atoms in total. The highest BCUT2D eigenvalue weighted by Crippen LogP contribution is 2.35. The fourth-order valence-corrected chi connectivity index (χ4v) is 4.61. The molecule has 8 heteroatoms. The number of hydrogen-bond donors (Lipinski definition) is 2. The number of rotatable bonds is 3. The van der Waals surface area contributed by atoms with E-state index in [9.17, 15) is 21.6 Å². The normalized spacial score (nSPS) is 23.2. The summed E-state index contributed by atoms with van der Waals surface area (Å²) in [6.07, 6.45) is -3.94. The Morgan fingerprint density at radius 1 is 1.38 bits per heavy atom. The van der Waals surface area contributed by atoms with Crippen LogP contribution in [0.15, 0.2) is 18.2 Å². The summed E-state index contributed by atoms with van der Waals surface area (Å²) in [5.41, 5.74) is 2.87. The van der Waals surface area contributed by atoms with Crippen molar-refractivity contribution in [2.45, 2.75) is 25.6 Å². The lowest BCUT2D eigenvalue weighted by atomic mass is 9.89. The molecule has 0 radical (unpaired) electrons. The first-order valence-corrected chi connectivity index (χ1v) is 8.30. The molecule has 2 rings (SSSR count). The van der Waals surface area contributed by atoms with Gasteiger partial charge in [-0.1, -0.05) is 6.07 Å². The second kappa shape index (κ2) is 5.58. The topological polar surface area (TPSA) is 72.2 Å². The fraction of sp³-hybridized carbons (Fsp3) is 0.538. The number of nitrogens with two attached hydrogens (primary N) is 1. The highest BCUT2D eigenvalue weighted by atomic mass is 32.2. The molecule has 1 heterocycles. The van der Waals surface area contributed by atoms with Crippen molar-refractivity contribution in [1.29, 1.82) is 0 Å². The van der Waals surface area contributed by atoms with Crippen LogP contribution in [-0.4, -0.2) is 19.9 Å². The van der Waals surface area contributed by atoms with Crippen molar-refractivity contribution >= 4 is 9.84 Å². The van der Waals surface area contributed by atoms with Gasteiger partial charge in [0.05, 0.1) is 23.1 Å². The first kappa shape index (κ1) is 16.3. The molecule has 1 saturated heterocycles. The molecule has 2 atom stereocenters. The zero-order valence-corrected chi connectivity index (χ0v) is 12.3. The van der Waals surface area contributed by atoms with Crippen molar-refractivity contribution in [3.05, 3.63) is 34.9 Å². The van der Waals surface area contributed by atoms with E-state index in [0.29, 0.717) is 17.5 Å². The van der Waals surface area contributed by atoms with Crippen molar-refractivity contribution in [2.75, 3.05) is 11.5 Å². The molecule has 0 bridgehead atoms. The van der Waals surface area contributed by atoms with Crippen LogP contribution in [-0.2, 0) is 16.0 Å². The molecule has 1 aromatic rings. The summed E-state index contributed by atoms with van der Waals surface area (Å²) >= 11 is 0. The van der Waals surface area contributed by atoms with E-state index in [0.717, 1.165) is 12.1 Å². The van der Waals surface area contributed by atoms with Crippen LogP contribution in [0.3, 0.4) is 0 Å². The van der Waals surface area contributed by atoms with Gasteiger partial charge in [0.1, 0.15) is 0 Å². The number of aryl methyl sites for hydroxylation is 1. The number of benzene rings is 1. The van der Waals surface area contributed by atoms with E-state index in [1.807, 2.05) is 0 Å².